The fraction of sp³-hybridized carbons (Fsp3) is 0.389. The van der Waals surface area contributed by atoms with Gasteiger partial charge in [-0.25, -0.2) is 4.79 Å². The first-order chi connectivity index (χ1) is 11.7. The van der Waals surface area contributed by atoms with E-state index in [0.717, 1.165) is 21.2 Å². The molecule has 1 aliphatic heterocycles. The molecule has 0 saturated carbocycles. The number of carbonyl (C=O) groups is 1. The number of nitrogens with two attached hydrogens (primary N) is 1. The highest BCUT2D eigenvalue weighted by atomic mass is 79.9. The van der Waals surface area contributed by atoms with Gasteiger partial charge in [0.25, 0.3) is 0 Å². The third kappa shape index (κ3) is 3.33. The quantitative estimate of drug-likeness (QED) is 0.709. The van der Waals surface area contributed by atoms with Crippen LogP contribution in [0.25, 0.3) is 11.1 Å². The van der Waals surface area contributed by atoms with Crippen LogP contribution < -0.4 is 15.2 Å². The van der Waals surface area contributed by atoms with E-state index in [0.29, 0.717) is 30.4 Å². The number of halogens is 1. The van der Waals surface area contributed by atoms with Crippen LogP contribution in [0.2, 0.25) is 0 Å². The normalized spacial score (nSPS) is 13.6. The minimum Gasteiger partial charge on any atom is -0.485 e. The Bertz CT molecular complexity index is 837. The molecule has 7 heteroatoms. The highest BCUT2D eigenvalue weighted by Crippen LogP contribution is 2.50. The Labute approximate surface area is 155 Å². The number of carbonyl (C=O) groups excluding carboxylic acids is 1. The van der Waals surface area contributed by atoms with Gasteiger partial charge in [-0.1, -0.05) is 0 Å². The smallest absolute Gasteiger partial charge is 0.418 e. The molecule has 0 fully saturated rings. The van der Waals surface area contributed by atoms with E-state index in [1.165, 1.54) is 4.57 Å². The van der Waals surface area contributed by atoms with Crippen molar-refractivity contribution in [2.45, 2.75) is 33.3 Å². The lowest BCUT2D eigenvalue weighted by atomic mass is 10.00. The van der Waals surface area contributed by atoms with Crippen LogP contribution in [-0.2, 0) is 4.74 Å². The van der Waals surface area contributed by atoms with E-state index in [1.54, 1.807) is 12.4 Å². The number of aromatic nitrogens is 1. The summed E-state index contributed by atoms with van der Waals surface area (Å²) in [6.45, 7) is 8.34. The van der Waals surface area contributed by atoms with Gasteiger partial charge in [0.1, 0.15) is 18.8 Å². The van der Waals surface area contributed by atoms with Crippen LogP contribution in [0.5, 0.6) is 11.5 Å². The van der Waals surface area contributed by atoms with E-state index in [4.69, 9.17) is 19.9 Å². The number of hydrogen-bond acceptors (Lipinski definition) is 5. The average molecular weight is 409 g/mol. The molecule has 1 aromatic carbocycles. The highest BCUT2D eigenvalue weighted by Gasteiger charge is 2.26. The SMILES string of the molecule is Cc1c(Br)c(N)c2c(c1-c1ccn(C(=O)OC(C)(C)C)c1)OCCO2. The minimum absolute atomic E-state index is 0.433. The van der Waals surface area contributed by atoms with Crippen molar-refractivity contribution in [3.63, 3.8) is 0 Å². The highest BCUT2D eigenvalue weighted by molar-refractivity contribution is 9.10. The van der Waals surface area contributed by atoms with Crippen LogP contribution >= 0.6 is 15.9 Å². The molecule has 2 aromatic rings. The number of ether oxygens (including phenoxy) is 3. The summed E-state index contributed by atoms with van der Waals surface area (Å²) in [6, 6.07) is 1.84. The fourth-order valence-corrected chi connectivity index (χ4v) is 3.08. The molecule has 0 saturated heterocycles. The zero-order chi connectivity index (χ0) is 18.4. The molecule has 6 nitrogen and oxygen atoms in total. The van der Waals surface area contributed by atoms with E-state index >= 15 is 0 Å². The predicted molar refractivity (Wildman–Crippen MR) is 99.3 cm³/mol. The summed E-state index contributed by atoms with van der Waals surface area (Å²) < 4.78 is 19.1. The molecule has 1 aromatic heterocycles. The number of fused-ring (bicyclic) bond motifs is 1. The Hall–Kier alpha value is -2.15. The zero-order valence-corrected chi connectivity index (χ0v) is 16.3. The second-order valence-corrected chi connectivity index (χ2v) is 7.66. The van der Waals surface area contributed by atoms with Crippen molar-refractivity contribution >= 4 is 27.7 Å². The summed E-state index contributed by atoms with van der Waals surface area (Å²) in [4.78, 5) is 12.3. The van der Waals surface area contributed by atoms with E-state index in [2.05, 4.69) is 15.9 Å². The number of nitrogens with zero attached hydrogens (tertiary/aromatic N) is 1. The standard InChI is InChI=1S/C18H21BrN2O4/c1-10-12(15-16(14(20)13(10)19)24-8-7-23-15)11-5-6-21(9-11)17(22)25-18(2,3)4/h5-6,9H,7-8,20H2,1-4H3. The third-order valence-electron chi connectivity index (χ3n) is 3.78. The molecule has 0 aliphatic carbocycles. The number of nitrogen functional groups attached to an aromatic ring is 1. The van der Waals surface area contributed by atoms with Crippen LogP contribution in [0.1, 0.15) is 26.3 Å². The van der Waals surface area contributed by atoms with Crippen LogP contribution in [0.15, 0.2) is 22.9 Å². The van der Waals surface area contributed by atoms with Crippen LogP contribution in [-0.4, -0.2) is 29.5 Å². The number of rotatable bonds is 1. The predicted octanol–water partition coefficient (Wildman–Crippen LogP) is 4.36. The van der Waals surface area contributed by atoms with Crippen molar-refractivity contribution < 1.29 is 19.0 Å². The Morgan fingerprint density at radius 1 is 1.28 bits per heavy atom. The van der Waals surface area contributed by atoms with Gasteiger partial charge in [-0.15, -0.1) is 0 Å². The van der Waals surface area contributed by atoms with Gasteiger partial charge in [-0.2, -0.15) is 0 Å². The molecular weight excluding hydrogens is 388 g/mol. The largest absolute Gasteiger partial charge is 0.485 e. The summed E-state index contributed by atoms with van der Waals surface area (Å²) in [5, 5.41) is 0. The van der Waals surface area contributed by atoms with Gasteiger partial charge in [-0.05, 0) is 55.3 Å². The van der Waals surface area contributed by atoms with Crippen molar-refractivity contribution in [1.29, 1.82) is 0 Å². The molecule has 0 unspecified atom stereocenters. The van der Waals surface area contributed by atoms with Gasteiger partial charge in [-0.3, -0.25) is 4.57 Å². The fourth-order valence-electron chi connectivity index (χ4n) is 2.71. The maximum Gasteiger partial charge on any atom is 0.418 e. The van der Waals surface area contributed by atoms with E-state index in [-0.39, 0.29) is 0 Å². The van der Waals surface area contributed by atoms with Crippen LogP contribution in [0.4, 0.5) is 10.5 Å². The molecule has 1 aliphatic rings. The molecule has 0 bridgehead atoms. The topological polar surface area (TPSA) is 75.7 Å². The van der Waals surface area contributed by atoms with Gasteiger partial charge >= 0.3 is 6.09 Å². The second kappa shape index (κ2) is 6.29. The van der Waals surface area contributed by atoms with Crippen molar-refractivity contribution in [2.75, 3.05) is 18.9 Å². The molecule has 0 amide bonds. The van der Waals surface area contributed by atoms with Gasteiger partial charge in [0.15, 0.2) is 11.5 Å². The Kier molecular flexibility index (Phi) is 4.45. The Morgan fingerprint density at radius 3 is 2.56 bits per heavy atom. The molecule has 134 valence electrons. The van der Waals surface area contributed by atoms with Crippen molar-refractivity contribution in [1.82, 2.24) is 4.57 Å². The van der Waals surface area contributed by atoms with Crippen LogP contribution in [0.3, 0.4) is 0 Å². The molecule has 0 radical (unpaired) electrons. The average Bonchev–Trinajstić information content (AvgIpc) is 3.01. The van der Waals surface area contributed by atoms with Crippen molar-refractivity contribution in [3.05, 3.63) is 28.5 Å². The van der Waals surface area contributed by atoms with E-state index < -0.39 is 11.7 Å². The first-order valence-corrected chi connectivity index (χ1v) is 8.77. The molecule has 2 N–H and O–H groups in total. The summed E-state index contributed by atoms with van der Waals surface area (Å²) in [5.74, 6) is 1.13. The molecule has 25 heavy (non-hydrogen) atoms. The lowest BCUT2D eigenvalue weighted by molar-refractivity contribution is 0.0537. The maximum absolute atomic E-state index is 12.3. The van der Waals surface area contributed by atoms with E-state index in [9.17, 15) is 4.79 Å². The summed E-state index contributed by atoms with van der Waals surface area (Å²) in [7, 11) is 0. The monoisotopic (exact) mass is 408 g/mol. The van der Waals surface area contributed by atoms with Gasteiger partial charge in [0, 0.05) is 28.0 Å². The minimum atomic E-state index is -0.558. The summed E-state index contributed by atoms with van der Waals surface area (Å²) >= 11 is 3.52. The van der Waals surface area contributed by atoms with Gasteiger partial charge in [0.2, 0.25) is 0 Å². The first kappa shape index (κ1) is 17.7. The van der Waals surface area contributed by atoms with Gasteiger partial charge in [0.05, 0.1) is 5.69 Å². The molecule has 0 spiro atoms. The summed E-state index contributed by atoms with van der Waals surface area (Å²) in [6.07, 6.45) is 2.96. The van der Waals surface area contributed by atoms with Crippen molar-refractivity contribution in [3.8, 4) is 22.6 Å². The third-order valence-corrected chi connectivity index (χ3v) is 4.80. The Balaban J connectivity index is 2.06. The van der Waals surface area contributed by atoms with E-state index in [1.807, 2.05) is 33.8 Å². The zero-order valence-electron chi connectivity index (χ0n) is 14.7. The maximum atomic E-state index is 12.3. The number of hydrogen-bond donors (Lipinski definition) is 1. The van der Waals surface area contributed by atoms with Crippen LogP contribution in [0, 0.1) is 6.92 Å². The lowest BCUT2D eigenvalue weighted by Gasteiger charge is -2.25. The molecule has 3 rings (SSSR count). The molecule has 0 atom stereocenters. The Morgan fingerprint density at radius 2 is 1.92 bits per heavy atom. The second-order valence-electron chi connectivity index (χ2n) is 6.87. The number of benzene rings is 1. The summed E-state index contributed by atoms with van der Waals surface area (Å²) in [5.41, 5.74) is 8.69. The molecule has 2 heterocycles. The first-order valence-electron chi connectivity index (χ1n) is 7.98. The lowest BCUT2D eigenvalue weighted by Crippen LogP contribution is -2.26. The van der Waals surface area contributed by atoms with Crippen molar-refractivity contribution in [2.24, 2.45) is 0 Å². The number of anilines is 1. The molecular formula is C18H21BrN2O4. The van der Waals surface area contributed by atoms with Gasteiger partial charge < -0.3 is 19.9 Å².